The quantitative estimate of drug-likeness (QED) is 0.763. The first kappa shape index (κ1) is 14.0. The predicted octanol–water partition coefficient (Wildman–Crippen LogP) is 3.41. The minimum absolute atomic E-state index is 0.197. The third-order valence-electron chi connectivity index (χ3n) is 2.55. The van der Waals surface area contributed by atoms with Crippen LogP contribution in [-0.4, -0.2) is 18.7 Å². The fraction of sp³-hybridized carbons (Fsp3) is 0.600. The van der Waals surface area contributed by atoms with Gasteiger partial charge in [-0.15, -0.1) is 0 Å². The van der Waals surface area contributed by atoms with Gasteiger partial charge in [0, 0.05) is 5.54 Å². The summed E-state index contributed by atoms with van der Waals surface area (Å²) in [6.07, 6.45) is 2.09. The standard InChI is InChI=1S/C15H25NO/c1-5-13-8-6-9-14(12-13)17-11-7-10-16-15(2,3)4/h6,8-9,12,16H,5,7,10-11H2,1-4H3. The van der Waals surface area contributed by atoms with Crippen LogP contribution in [0.4, 0.5) is 0 Å². The number of hydrogen-bond acceptors (Lipinski definition) is 2. The average molecular weight is 235 g/mol. The molecule has 96 valence electrons. The van der Waals surface area contributed by atoms with E-state index in [-0.39, 0.29) is 5.54 Å². The molecule has 0 atom stereocenters. The van der Waals surface area contributed by atoms with Gasteiger partial charge in [0.05, 0.1) is 6.61 Å². The molecule has 0 fully saturated rings. The lowest BCUT2D eigenvalue weighted by atomic mass is 10.1. The van der Waals surface area contributed by atoms with Crippen molar-refractivity contribution in [1.29, 1.82) is 0 Å². The number of hydrogen-bond donors (Lipinski definition) is 1. The third kappa shape index (κ3) is 6.32. The van der Waals surface area contributed by atoms with E-state index in [2.05, 4.69) is 51.2 Å². The van der Waals surface area contributed by atoms with Crippen LogP contribution in [0.2, 0.25) is 0 Å². The highest BCUT2D eigenvalue weighted by molar-refractivity contribution is 5.28. The van der Waals surface area contributed by atoms with E-state index >= 15 is 0 Å². The van der Waals surface area contributed by atoms with Crippen molar-refractivity contribution in [3.8, 4) is 5.75 Å². The molecule has 0 aliphatic heterocycles. The van der Waals surface area contributed by atoms with Gasteiger partial charge in [-0.2, -0.15) is 0 Å². The second-order valence-electron chi connectivity index (χ2n) is 5.38. The monoisotopic (exact) mass is 235 g/mol. The van der Waals surface area contributed by atoms with Crippen LogP contribution in [0.25, 0.3) is 0 Å². The summed E-state index contributed by atoms with van der Waals surface area (Å²) in [6, 6.07) is 8.34. The maximum absolute atomic E-state index is 5.72. The van der Waals surface area contributed by atoms with Crippen LogP contribution in [-0.2, 0) is 6.42 Å². The van der Waals surface area contributed by atoms with E-state index in [1.807, 2.05) is 6.07 Å². The van der Waals surface area contributed by atoms with Gasteiger partial charge in [0.2, 0.25) is 0 Å². The summed E-state index contributed by atoms with van der Waals surface area (Å²) in [5.74, 6) is 0.986. The lowest BCUT2D eigenvalue weighted by molar-refractivity contribution is 0.298. The Bertz CT molecular complexity index is 328. The summed E-state index contributed by atoms with van der Waals surface area (Å²) in [4.78, 5) is 0. The Morgan fingerprint density at radius 2 is 2.00 bits per heavy atom. The molecule has 0 bridgehead atoms. The van der Waals surface area contributed by atoms with Gasteiger partial charge >= 0.3 is 0 Å². The molecule has 1 aromatic carbocycles. The van der Waals surface area contributed by atoms with Gasteiger partial charge in [-0.3, -0.25) is 0 Å². The molecule has 0 spiro atoms. The molecule has 0 radical (unpaired) electrons. The van der Waals surface area contributed by atoms with Gasteiger partial charge in [0.1, 0.15) is 5.75 Å². The van der Waals surface area contributed by atoms with E-state index < -0.39 is 0 Å². The van der Waals surface area contributed by atoms with Crippen LogP contribution in [0.3, 0.4) is 0 Å². The minimum atomic E-state index is 0.197. The lowest BCUT2D eigenvalue weighted by Crippen LogP contribution is -2.36. The first-order valence-corrected chi connectivity index (χ1v) is 6.48. The summed E-state index contributed by atoms with van der Waals surface area (Å²) >= 11 is 0. The van der Waals surface area contributed by atoms with Gasteiger partial charge in [0.25, 0.3) is 0 Å². The minimum Gasteiger partial charge on any atom is -0.494 e. The van der Waals surface area contributed by atoms with Crippen molar-refractivity contribution in [2.45, 2.75) is 46.1 Å². The fourth-order valence-corrected chi connectivity index (χ4v) is 1.58. The number of nitrogens with one attached hydrogen (secondary N) is 1. The van der Waals surface area contributed by atoms with Crippen LogP contribution in [0.1, 0.15) is 39.7 Å². The highest BCUT2D eigenvalue weighted by Crippen LogP contribution is 2.13. The second-order valence-corrected chi connectivity index (χ2v) is 5.38. The van der Waals surface area contributed by atoms with E-state index in [9.17, 15) is 0 Å². The van der Waals surface area contributed by atoms with Crippen molar-refractivity contribution in [1.82, 2.24) is 5.32 Å². The zero-order valence-corrected chi connectivity index (χ0v) is 11.5. The second kappa shape index (κ2) is 6.65. The molecule has 0 saturated carbocycles. The number of aryl methyl sites for hydroxylation is 1. The number of rotatable bonds is 6. The van der Waals surface area contributed by atoms with E-state index in [1.54, 1.807) is 0 Å². The maximum Gasteiger partial charge on any atom is 0.119 e. The van der Waals surface area contributed by atoms with E-state index in [1.165, 1.54) is 5.56 Å². The Morgan fingerprint density at radius 1 is 1.24 bits per heavy atom. The highest BCUT2D eigenvalue weighted by atomic mass is 16.5. The Labute approximate surface area is 105 Å². The SMILES string of the molecule is CCc1cccc(OCCCNC(C)(C)C)c1. The molecule has 1 N–H and O–H groups in total. The molecule has 1 aromatic rings. The van der Waals surface area contributed by atoms with Gasteiger partial charge in [-0.05, 0) is 57.9 Å². The van der Waals surface area contributed by atoms with E-state index in [0.29, 0.717) is 0 Å². The highest BCUT2D eigenvalue weighted by Gasteiger charge is 2.07. The van der Waals surface area contributed by atoms with Gasteiger partial charge in [-0.25, -0.2) is 0 Å². The number of benzene rings is 1. The molecule has 0 amide bonds. The molecular weight excluding hydrogens is 210 g/mol. The summed E-state index contributed by atoms with van der Waals surface area (Å²) in [5, 5.41) is 3.45. The Morgan fingerprint density at radius 3 is 2.65 bits per heavy atom. The van der Waals surface area contributed by atoms with Crippen LogP contribution in [0.5, 0.6) is 5.75 Å². The van der Waals surface area contributed by atoms with E-state index in [4.69, 9.17) is 4.74 Å². The first-order valence-electron chi connectivity index (χ1n) is 6.48. The smallest absolute Gasteiger partial charge is 0.119 e. The molecule has 0 saturated heterocycles. The summed E-state index contributed by atoms with van der Waals surface area (Å²) in [6.45, 7) is 10.5. The van der Waals surface area contributed by atoms with Crippen LogP contribution < -0.4 is 10.1 Å². The van der Waals surface area contributed by atoms with Crippen molar-refractivity contribution in [3.05, 3.63) is 29.8 Å². The Balaban J connectivity index is 2.22. The zero-order chi connectivity index (χ0) is 12.7. The zero-order valence-electron chi connectivity index (χ0n) is 11.5. The summed E-state index contributed by atoms with van der Waals surface area (Å²) < 4.78 is 5.72. The molecule has 2 nitrogen and oxygen atoms in total. The normalized spacial score (nSPS) is 11.5. The molecule has 0 aromatic heterocycles. The third-order valence-corrected chi connectivity index (χ3v) is 2.55. The van der Waals surface area contributed by atoms with Gasteiger partial charge < -0.3 is 10.1 Å². The molecule has 17 heavy (non-hydrogen) atoms. The summed E-state index contributed by atoms with van der Waals surface area (Å²) in [5.41, 5.74) is 1.53. The predicted molar refractivity (Wildman–Crippen MR) is 73.7 cm³/mol. The van der Waals surface area contributed by atoms with Crippen molar-refractivity contribution >= 4 is 0 Å². The fourth-order valence-electron chi connectivity index (χ4n) is 1.58. The molecule has 0 aliphatic carbocycles. The largest absolute Gasteiger partial charge is 0.494 e. The van der Waals surface area contributed by atoms with Crippen molar-refractivity contribution in [2.75, 3.05) is 13.2 Å². The maximum atomic E-state index is 5.72. The molecule has 2 heteroatoms. The van der Waals surface area contributed by atoms with Gasteiger partial charge in [0.15, 0.2) is 0 Å². The molecular formula is C15H25NO. The van der Waals surface area contributed by atoms with Crippen LogP contribution in [0.15, 0.2) is 24.3 Å². The molecule has 0 aliphatic rings. The average Bonchev–Trinajstić information content (AvgIpc) is 2.27. The molecule has 0 unspecified atom stereocenters. The Hall–Kier alpha value is -1.02. The topological polar surface area (TPSA) is 21.3 Å². The van der Waals surface area contributed by atoms with Gasteiger partial charge in [-0.1, -0.05) is 19.1 Å². The van der Waals surface area contributed by atoms with Crippen LogP contribution >= 0.6 is 0 Å². The van der Waals surface area contributed by atoms with E-state index in [0.717, 1.165) is 31.7 Å². The van der Waals surface area contributed by atoms with Crippen molar-refractivity contribution < 1.29 is 4.74 Å². The van der Waals surface area contributed by atoms with Crippen LogP contribution in [0, 0.1) is 0 Å². The Kier molecular flexibility index (Phi) is 5.49. The summed E-state index contributed by atoms with van der Waals surface area (Å²) in [7, 11) is 0. The molecule has 0 heterocycles. The van der Waals surface area contributed by atoms with Crippen molar-refractivity contribution in [3.63, 3.8) is 0 Å². The first-order chi connectivity index (χ1) is 8.01. The molecule has 1 rings (SSSR count). The lowest BCUT2D eigenvalue weighted by Gasteiger charge is -2.20. The number of ether oxygens (including phenoxy) is 1. The van der Waals surface area contributed by atoms with Crippen molar-refractivity contribution in [2.24, 2.45) is 0 Å².